The molecule has 1 aliphatic rings. The van der Waals surface area contributed by atoms with E-state index in [-0.39, 0.29) is 18.2 Å². The molecular formula is C18H15FO2. The van der Waals surface area contributed by atoms with Gasteiger partial charge in [-0.3, -0.25) is 4.79 Å². The van der Waals surface area contributed by atoms with Crippen molar-refractivity contribution in [3.8, 4) is 5.75 Å². The largest absolute Gasteiger partial charge is 0.488 e. The molecule has 21 heavy (non-hydrogen) atoms. The fraction of sp³-hybridized carbons (Fsp3) is 0.167. The Hall–Kier alpha value is -2.42. The number of halogens is 1. The quantitative estimate of drug-likeness (QED) is 0.736. The fourth-order valence-corrected chi connectivity index (χ4v) is 2.62. The first kappa shape index (κ1) is 13.6. The van der Waals surface area contributed by atoms with Crippen LogP contribution in [0.15, 0.2) is 42.0 Å². The molecule has 0 N–H and O–H groups in total. The second-order valence-electron chi connectivity index (χ2n) is 5.30. The Balaban J connectivity index is 2.03. The molecule has 2 aromatic carbocycles. The Kier molecular flexibility index (Phi) is 3.34. The maximum absolute atomic E-state index is 13.2. The minimum absolute atomic E-state index is 0.0435. The van der Waals surface area contributed by atoms with Crippen LogP contribution in [0, 0.1) is 19.7 Å². The highest BCUT2D eigenvalue weighted by Crippen LogP contribution is 2.31. The molecule has 3 heteroatoms. The van der Waals surface area contributed by atoms with Crippen molar-refractivity contribution in [2.24, 2.45) is 0 Å². The maximum atomic E-state index is 13.2. The first-order chi connectivity index (χ1) is 10.0. The highest BCUT2D eigenvalue weighted by atomic mass is 19.1. The maximum Gasteiger partial charge on any atom is 0.196 e. The zero-order chi connectivity index (χ0) is 15.0. The Morgan fingerprint density at radius 2 is 2.00 bits per heavy atom. The molecule has 0 atom stereocenters. The molecule has 0 fully saturated rings. The number of fused-ring (bicyclic) bond motifs is 1. The smallest absolute Gasteiger partial charge is 0.196 e. The van der Waals surface area contributed by atoms with E-state index in [0.29, 0.717) is 22.4 Å². The third-order valence-electron chi connectivity index (χ3n) is 3.54. The number of hydrogen-bond acceptors (Lipinski definition) is 2. The number of Topliss-reactive ketones (excluding diaryl/α,β-unsaturated/α-hetero) is 1. The second kappa shape index (κ2) is 5.17. The summed E-state index contributed by atoms with van der Waals surface area (Å²) in [6.07, 6.45) is 1.69. The van der Waals surface area contributed by atoms with Crippen LogP contribution in [-0.2, 0) is 0 Å². The van der Waals surface area contributed by atoms with E-state index < -0.39 is 0 Å². The average molecular weight is 282 g/mol. The van der Waals surface area contributed by atoms with Gasteiger partial charge in [0.1, 0.15) is 18.2 Å². The Morgan fingerprint density at radius 1 is 1.19 bits per heavy atom. The normalized spacial score (nSPS) is 15.8. The molecule has 0 saturated carbocycles. The second-order valence-corrected chi connectivity index (χ2v) is 5.30. The summed E-state index contributed by atoms with van der Waals surface area (Å²) >= 11 is 0. The van der Waals surface area contributed by atoms with Gasteiger partial charge in [0.25, 0.3) is 0 Å². The Morgan fingerprint density at radius 3 is 2.76 bits per heavy atom. The third kappa shape index (κ3) is 2.59. The van der Waals surface area contributed by atoms with Crippen molar-refractivity contribution in [1.82, 2.24) is 0 Å². The molecule has 1 heterocycles. The summed E-state index contributed by atoms with van der Waals surface area (Å²) in [4.78, 5) is 12.6. The molecule has 0 saturated heterocycles. The van der Waals surface area contributed by atoms with Crippen molar-refractivity contribution >= 4 is 11.9 Å². The number of carbonyl (C=O) groups excluding carboxylic acids is 1. The van der Waals surface area contributed by atoms with Gasteiger partial charge in [-0.2, -0.15) is 0 Å². The number of ether oxygens (including phenoxy) is 1. The summed E-state index contributed by atoms with van der Waals surface area (Å²) < 4.78 is 18.9. The van der Waals surface area contributed by atoms with Gasteiger partial charge < -0.3 is 4.74 Å². The van der Waals surface area contributed by atoms with Crippen LogP contribution in [0.4, 0.5) is 4.39 Å². The first-order valence-corrected chi connectivity index (χ1v) is 6.79. The predicted octanol–water partition coefficient (Wildman–Crippen LogP) is 4.10. The number of hydrogen-bond donors (Lipinski definition) is 0. The predicted molar refractivity (Wildman–Crippen MR) is 80.1 cm³/mol. The average Bonchev–Trinajstić information content (AvgIpc) is 2.41. The first-order valence-electron chi connectivity index (χ1n) is 6.79. The van der Waals surface area contributed by atoms with Crippen molar-refractivity contribution in [1.29, 1.82) is 0 Å². The van der Waals surface area contributed by atoms with E-state index in [9.17, 15) is 9.18 Å². The molecule has 0 radical (unpaired) electrons. The lowest BCUT2D eigenvalue weighted by Gasteiger charge is -2.21. The number of benzene rings is 2. The SMILES string of the molecule is Cc1cc(C)c2c(c1)OCC(=Cc1cccc(F)c1)C2=O. The number of ketones is 1. The summed E-state index contributed by atoms with van der Waals surface area (Å²) in [6, 6.07) is 10.0. The Bertz CT molecular complexity index is 760. The van der Waals surface area contributed by atoms with E-state index in [1.54, 1.807) is 18.2 Å². The highest BCUT2D eigenvalue weighted by molar-refractivity contribution is 6.14. The summed E-state index contributed by atoms with van der Waals surface area (Å²) in [6.45, 7) is 4.09. The highest BCUT2D eigenvalue weighted by Gasteiger charge is 2.25. The molecule has 0 unspecified atom stereocenters. The van der Waals surface area contributed by atoms with Crippen LogP contribution in [0.3, 0.4) is 0 Å². The molecule has 2 nitrogen and oxygen atoms in total. The Labute approximate surface area is 122 Å². The van der Waals surface area contributed by atoms with Crippen LogP contribution < -0.4 is 4.74 Å². The minimum atomic E-state index is -0.319. The summed E-state index contributed by atoms with van der Waals surface area (Å²) in [7, 11) is 0. The molecule has 1 aliphatic heterocycles. The van der Waals surface area contributed by atoms with E-state index in [4.69, 9.17) is 4.74 Å². The van der Waals surface area contributed by atoms with Gasteiger partial charge >= 0.3 is 0 Å². The molecule has 0 amide bonds. The minimum Gasteiger partial charge on any atom is -0.488 e. The van der Waals surface area contributed by atoms with Crippen molar-refractivity contribution < 1.29 is 13.9 Å². The molecule has 3 rings (SSSR count). The van der Waals surface area contributed by atoms with Gasteiger partial charge in [0, 0.05) is 5.57 Å². The van der Waals surface area contributed by atoms with Gasteiger partial charge in [-0.25, -0.2) is 4.39 Å². The number of rotatable bonds is 1. The standard InChI is InChI=1S/C18H15FO2/c1-11-6-12(2)17-16(7-11)21-10-14(18(17)20)8-13-4-3-5-15(19)9-13/h3-9H,10H2,1-2H3. The van der Waals surface area contributed by atoms with E-state index in [2.05, 4.69) is 0 Å². The zero-order valence-electron chi connectivity index (χ0n) is 11.9. The molecule has 0 bridgehead atoms. The third-order valence-corrected chi connectivity index (χ3v) is 3.54. The van der Waals surface area contributed by atoms with Gasteiger partial charge in [0.05, 0.1) is 5.56 Å². The van der Waals surface area contributed by atoms with Gasteiger partial charge in [-0.05, 0) is 54.8 Å². The molecule has 0 spiro atoms. The van der Waals surface area contributed by atoms with E-state index in [1.165, 1.54) is 12.1 Å². The zero-order valence-corrected chi connectivity index (χ0v) is 11.9. The monoisotopic (exact) mass is 282 g/mol. The van der Waals surface area contributed by atoms with E-state index in [1.807, 2.05) is 26.0 Å². The lowest BCUT2D eigenvalue weighted by Crippen LogP contribution is -2.20. The van der Waals surface area contributed by atoms with Gasteiger partial charge in [0.2, 0.25) is 0 Å². The summed E-state index contributed by atoms with van der Waals surface area (Å²) in [5.74, 6) is 0.271. The van der Waals surface area contributed by atoms with Crippen molar-refractivity contribution in [3.05, 3.63) is 70.0 Å². The molecule has 2 aromatic rings. The molecule has 106 valence electrons. The summed E-state index contributed by atoms with van der Waals surface area (Å²) in [5, 5.41) is 0. The lowest BCUT2D eigenvalue weighted by molar-refractivity contribution is 0.1000. The van der Waals surface area contributed by atoms with E-state index >= 15 is 0 Å². The van der Waals surface area contributed by atoms with Crippen LogP contribution in [-0.4, -0.2) is 12.4 Å². The van der Waals surface area contributed by atoms with Crippen LogP contribution in [0.25, 0.3) is 6.08 Å². The van der Waals surface area contributed by atoms with Crippen LogP contribution >= 0.6 is 0 Å². The van der Waals surface area contributed by atoms with Gasteiger partial charge in [-0.1, -0.05) is 18.2 Å². The lowest BCUT2D eigenvalue weighted by atomic mass is 9.93. The van der Waals surface area contributed by atoms with E-state index in [0.717, 1.165) is 11.1 Å². The fourth-order valence-electron chi connectivity index (χ4n) is 2.62. The van der Waals surface area contributed by atoms with Crippen molar-refractivity contribution in [2.75, 3.05) is 6.61 Å². The van der Waals surface area contributed by atoms with Crippen LogP contribution in [0.2, 0.25) is 0 Å². The van der Waals surface area contributed by atoms with Crippen molar-refractivity contribution in [3.63, 3.8) is 0 Å². The molecule has 0 aliphatic carbocycles. The molecular weight excluding hydrogens is 267 g/mol. The number of carbonyl (C=O) groups is 1. The molecule has 0 aromatic heterocycles. The van der Waals surface area contributed by atoms with Gasteiger partial charge in [0.15, 0.2) is 5.78 Å². The van der Waals surface area contributed by atoms with Gasteiger partial charge in [-0.15, -0.1) is 0 Å². The van der Waals surface area contributed by atoms with Crippen LogP contribution in [0.5, 0.6) is 5.75 Å². The van der Waals surface area contributed by atoms with Crippen molar-refractivity contribution in [2.45, 2.75) is 13.8 Å². The van der Waals surface area contributed by atoms with Crippen LogP contribution in [0.1, 0.15) is 27.0 Å². The number of aryl methyl sites for hydroxylation is 2. The summed E-state index contributed by atoms with van der Waals surface area (Å²) in [5.41, 5.74) is 3.78. The topological polar surface area (TPSA) is 26.3 Å².